The molecule has 31 heavy (non-hydrogen) atoms. The Hall–Kier alpha value is -3.38. The van der Waals surface area contributed by atoms with Gasteiger partial charge in [-0.15, -0.1) is 0 Å². The van der Waals surface area contributed by atoms with E-state index in [-0.39, 0.29) is 12.1 Å². The van der Waals surface area contributed by atoms with E-state index < -0.39 is 8.56 Å². The van der Waals surface area contributed by atoms with Crippen LogP contribution in [0.1, 0.15) is 11.1 Å². The Balaban J connectivity index is 1.41. The predicted octanol–water partition coefficient (Wildman–Crippen LogP) is 4.48. The molecule has 0 atom stereocenters. The third kappa shape index (κ3) is 5.41. The topological polar surface area (TPSA) is 92.5 Å². The van der Waals surface area contributed by atoms with Gasteiger partial charge >= 0.3 is 8.56 Å². The molecule has 4 aromatic carbocycles. The average molecular weight is 427 g/mol. The van der Waals surface area contributed by atoms with Gasteiger partial charge in [0.2, 0.25) is 0 Å². The summed E-state index contributed by atoms with van der Waals surface area (Å²) >= 11 is 0. The second-order valence-corrected chi connectivity index (χ2v) is 10.6. The number of nitrogens with two attached hydrogens (primary N) is 2. The molecule has 4 rings (SSSR count). The Kier molecular flexibility index (Phi) is 5.91. The highest BCUT2D eigenvalue weighted by Crippen LogP contribution is 2.24. The van der Waals surface area contributed by atoms with Gasteiger partial charge in [-0.1, -0.05) is 72.8 Å². The SMILES string of the molecule is Nc1ccc(-c2ccc(C[Si](O)(O)Cc3ccc(-c4ccc(N)cc4)cc3)cc2)cc1. The largest absolute Gasteiger partial charge is 0.410 e. The van der Waals surface area contributed by atoms with Crippen LogP contribution in [0, 0.1) is 0 Å². The number of rotatable bonds is 6. The van der Waals surface area contributed by atoms with Gasteiger partial charge in [0.25, 0.3) is 0 Å². The van der Waals surface area contributed by atoms with Crippen molar-refractivity contribution in [3.05, 3.63) is 108 Å². The summed E-state index contributed by atoms with van der Waals surface area (Å²) in [6.45, 7) is 0. The number of hydrogen-bond donors (Lipinski definition) is 4. The van der Waals surface area contributed by atoms with Crippen molar-refractivity contribution < 1.29 is 9.59 Å². The summed E-state index contributed by atoms with van der Waals surface area (Å²) in [5.41, 5.74) is 19.1. The Labute approximate surface area is 183 Å². The third-order valence-corrected chi connectivity index (χ3v) is 7.32. The van der Waals surface area contributed by atoms with Crippen molar-refractivity contribution in [1.82, 2.24) is 0 Å². The van der Waals surface area contributed by atoms with Crippen LogP contribution in [-0.2, 0) is 12.1 Å². The van der Waals surface area contributed by atoms with E-state index in [9.17, 15) is 9.59 Å². The number of hydrogen-bond acceptors (Lipinski definition) is 4. The molecule has 0 heterocycles. The molecule has 5 heteroatoms. The van der Waals surface area contributed by atoms with Crippen LogP contribution in [0.2, 0.25) is 0 Å². The highest BCUT2D eigenvalue weighted by molar-refractivity contribution is 6.63. The molecular formula is C26H26N2O2Si. The van der Waals surface area contributed by atoms with E-state index in [1.165, 1.54) is 0 Å². The van der Waals surface area contributed by atoms with E-state index >= 15 is 0 Å². The van der Waals surface area contributed by atoms with Crippen LogP contribution in [0.3, 0.4) is 0 Å². The van der Waals surface area contributed by atoms with Gasteiger partial charge in [0.05, 0.1) is 0 Å². The van der Waals surface area contributed by atoms with Crippen molar-refractivity contribution in [3.8, 4) is 22.3 Å². The summed E-state index contributed by atoms with van der Waals surface area (Å²) in [5.74, 6) is 0. The maximum atomic E-state index is 10.7. The molecule has 156 valence electrons. The lowest BCUT2D eigenvalue weighted by atomic mass is 10.0. The quantitative estimate of drug-likeness (QED) is 0.270. The molecule has 0 aliphatic rings. The van der Waals surface area contributed by atoms with Crippen molar-refractivity contribution in [3.63, 3.8) is 0 Å². The van der Waals surface area contributed by atoms with Gasteiger partial charge in [-0.2, -0.15) is 0 Å². The molecule has 0 saturated carbocycles. The standard InChI is InChI=1S/C26H26N2O2Si/c27-25-13-9-23(10-14-25)21-5-1-19(2-6-21)17-31(29,30)18-20-3-7-22(8-4-20)24-11-15-26(28)16-12-24/h1-16,29-30H,17-18,27-28H2. The number of benzene rings is 4. The fourth-order valence-corrected chi connectivity index (χ4v) is 5.60. The number of anilines is 2. The van der Waals surface area contributed by atoms with Gasteiger partial charge < -0.3 is 21.1 Å². The lowest BCUT2D eigenvalue weighted by molar-refractivity contribution is 0.356. The molecule has 0 aliphatic heterocycles. The molecule has 0 spiro atoms. The minimum Gasteiger partial charge on any atom is -0.410 e. The smallest absolute Gasteiger partial charge is 0.341 e. The van der Waals surface area contributed by atoms with Crippen LogP contribution in [0.25, 0.3) is 22.3 Å². The zero-order valence-electron chi connectivity index (χ0n) is 17.2. The van der Waals surface area contributed by atoms with Crippen molar-refractivity contribution >= 4 is 19.9 Å². The molecule has 4 nitrogen and oxygen atoms in total. The molecule has 4 aromatic rings. The Bertz CT molecular complexity index is 1050. The molecule has 0 radical (unpaired) electrons. The maximum absolute atomic E-state index is 10.7. The normalized spacial score (nSPS) is 11.4. The van der Waals surface area contributed by atoms with Crippen LogP contribution in [0.4, 0.5) is 11.4 Å². The Morgan fingerprint density at radius 3 is 1.00 bits per heavy atom. The van der Waals surface area contributed by atoms with Crippen LogP contribution < -0.4 is 11.5 Å². The van der Waals surface area contributed by atoms with Crippen LogP contribution in [-0.4, -0.2) is 18.2 Å². The van der Waals surface area contributed by atoms with Crippen molar-refractivity contribution in [1.29, 1.82) is 0 Å². The van der Waals surface area contributed by atoms with Crippen LogP contribution >= 0.6 is 0 Å². The first-order valence-corrected chi connectivity index (χ1v) is 12.5. The Morgan fingerprint density at radius 1 is 0.452 bits per heavy atom. The fourth-order valence-electron chi connectivity index (χ4n) is 3.70. The molecule has 0 bridgehead atoms. The lowest BCUT2D eigenvalue weighted by Crippen LogP contribution is -2.41. The van der Waals surface area contributed by atoms with E-state index in [2.05, 4.69) is 0 Å². The van der Waals surface area contributed by atoms with Gasteiger partial charge in [-0.05, 0) is 57.6 Å². The first kappa shape index (κ1) is 20.9. The van der Waals surface area contributed by atoms with Crippen molar-refractivity contribution in [2.45, 2.75) is 12.1 Å². The summed E-state index contributed by atoms with van der Waals surface area (Å²) in [7, 11) is -3.43. The highest BCUT2D eigenvalue weighted by atomic mass is 28.4. The van der Waals surface area contributed by atoms with E-state index in [0.717, 1.165) is 44.8 Å². The molecule has 0 aromatic heterocycles. The summed E-state index contributed by atoms with van der Waals surface area (Å²) < 4.78 is 0. The molecule has 0 unspecified atom stereocenters. The summed E-state index contributed by atoms with van der Waals surface area (Å²) in [4.78, 5) is 21.4. The lowest BCUT2D eigenvalue weighted by Gasteiger charge is -2.18. The van der Waals surface area contributed by atoms with Crippen molar-refractivity contribution in [2.24, 2.45) is 0 Å². The summed E-state index contributed by atoms with van der Waals surface area (Å²) in [6, 6.07) is 31.9. The van der Waals surface area contributed by atoms with Gasteiger partial charge in [0.15, 0.2) is 0 Å². The molecule has 6 N–H and O–H groups in total. The minimum absolute atomic E-state index is 0.286. The zero-order chi connectivity index (χ0) is 21.8. The van der Waals surface area contributed by atoms with Gasteiger partial charge in [0.1, 0.15) is 0 Å². The van der Waals surface area contributed by atoms with E-state index in [1.54, 1.807) is 0 Å². The van der Waals surface area contributed by atoms with Gasteiger partial charge in [-0.3, -0.25) is 0 Å². The molecule has 0 amide bonds. The summed E-state index contributed by atoms with van der Waals surface area (Å²) in [5, 5.41) is 0. The van der Waals surface area contributed by atoms with E-state index in [1.807, 2.05) is 97.1 Å². The maximum Gasteiger partial charge on any atom is 0.341 e. The predicted molar refractivity (Wildman–Crippen MR) is 130 cm³/mol. The monoisotopic (exact) mass is 426 g/mol. The molecule has 0 saturated heterocycles. The van der Waals surface area contributed by atoms with Crippen LogP contribution in [0.5, 0.6) is 0 Å². The first-order valence-electron chi connectivity index (χ1n) is 10.2. The fraction of sp³-hybridized carbons (Fsp3) is 0.0769. The molecule has 0 aliphatic carbocycles. The number of nitrogen functional groups attached to an aromatic ring is 2. The van der Waals surface area contributed by atoms with E-state index in [4.69, 9.17) is 11.5 Å². The third-order valence-electron chi connectivity index (χ3n) is 5.37. The summed E-state index contributed by atoms with van der Waals surface area (Å²) in [6.07, 6.45) is 0. The van der Waals surface area contributed by atoms with Crippen LogP contribution in [0.15, 0.2) is 97.1 Å². The highest BCUT2D eigenvalue weighted by Gasteiger charge is 2.30. The van der Waals surface area contributed by atoms with Gasteiger partial charge in [0, 0.05) is 23.5 Å². The second-order valence-electron chi connectivity index (χ2n) is 7.97. The average Bonchev–Trinajstić information content (AvgIpc) is 2.76. The zero-order valence-corrected chi connectivity index (χ0v) is 18.2. The molecule has 0 fully saturated rings. The van der Waals surface area contributed by atoms with Crippen molar-refractivity contribution in [2.75, 3.05) is 11.5 Å². The second kappa shape index (κ2) is 8.77. The minimum atomic E-state index is -3.43. The van der Waals surface area contributed by atoms with Gasteiger partial charge in [-0.25, -0.2) is 0 Å². The molecular weight excluding hydrogens is 400 g/mol. The van der Waals surface area contributed by atoms with E-state index in [0.29, 0.717) is 0 Å². The first-order chi connectivity index (χ1) is 14.9. The Morgan fingerprint density at radius 2 is 0.710 bits per heavy atom.